The Hall–Kier alpha value is -2.68. The van der Waals surface area contributed by atoms with E-state index in [1.54, 1.807) is 6.92 Å². The number of nitrogens with one attached hydrogen (secondary N) is 1. The highest BCUT2D eigenvalue weighted by molar-refractivity contribution is 6.32. The van der Waals surface area contributed by atoms with Crippen molar-refractivity contribution in [2.75, 3.05) is 26.2 Å². The van der Waals surface area contributed by atoms with Crippen molar-refractivity contribution in [3.8, 4) is 0 Å². The lowest BCUT2D eigenvalue weighted by atomic mass is 9.92. The van der Waals surface area contributed by atoms with Crippen LogP contribution in [0.4, 0.5) is 9.18 Å². The molecule has 162 valence electrons. The van der Waals surface area contributed by atoms with Crippen LogP contribution in [0.5, 0.6) is 0 Å². The van der Waals surface area contributed by atoms with Gasteiger partial charge < -0.3 is 15.0 Å². The first-order chi connectivity index (χ1) is 14.2. The van der Waals surface area contributed by atoms with Crippen LogP contribution in [0.1, 0.15) is 32.3 Å². The van der Waals surface area contributed by atoms with E-state index in [0.717, 1.165) is 17.0 Å². The van der Waals surface area contributed by atoms with Gasteiger partial charge in [0, 0.05) is 23.7 Å². The monoisotopic (exact) mass is 439 g/mol. The second-order valence-electron chi connectivity index (χ2n) is 7.48. The van der Waals surface area contributed by atoms with Gasteiger partial charge in [0.15, 0.2) is 0 Å². The van der Waals surface area contributed by atoms with Crippen molar-refractivity contribution in [3.63, 3.8) is 0 Å². The molecule has 0 aromatic heterocycles. The Labute approximate surface area is 178 Å². The molecule has 0 radical (unpaired) electrons. The van der Waals surface area contributed by atoms with Crippen LogP contribution in [0.25, 0.3) is 0 Å². The van der Waals surface area contributed by atoms with Gasteiger partial charge in [-0.2, -0.15) is 0 Å². The molecule has 0 saturated carbocycles. The minimum atomic E-state index is -1.50. The van der Waals surface area contributed by atoms with Crippen molar-refractivity contribution < 1.29 is 28.3 Å². The van der Waals surface area contributed by atoms with Crippen LogP contribution in [-0.2, 0) is 24.7 Å². The highest BCUT2D eigenvalue weighted by Crippen LogP contribution is 2.34. The highest BCUT2D eigenvalue weighted by Gasteiger charge is 2.50. The highest BCUT2D eigenvalue weighted by atomic mass is 35.5. The number of likely N-dealkylation sites (tertiary alicyclic amines) is 1. The first-order valence-electron chi connectivity index (χ1n) is 9.71. The molecule has 2 saturated heterocycles. The van der Waals surface area contributed by atoms with Gasteiger partial charge in [0.2, 0.25) is 5.91 Å². The van der Waals surface area contributed by atoms with E-state index in [-0.39, 0.29) is 22.5 Å². The average molecular weight is 440 g/mol. The minimum absolute atomic E-state index is 0.000337. The van der Waals surface area contributed by atoms with Gasteiger partial charge in [-0.05, 0) is 38.8 Å². The third-order valence-corrected chi connectivity index (χ3v) is 5.82. The smallest absolute Gasteiger partial charge is 0.325 e. The second-order valence-corrected chi connectivity index (χ2v) is 7.88. The van der Waals surface area contributed by atoms with Gasteiger partial charge in [0.25, 0.3) is 5.91 Å². The molecule has 2 fully saturated rings. The van der Waals surface area contributed by atoms with Crippen molar-refractivity contribution in [1.29, 1.82) is 0 Å². The maximum Gasteiger partial charge on any atom is 0.325 e. The van der Waals surface area contributed by atoms with Gasteiger partial charge in [-0.1, -0.05) is 17.7 Å². The van der Waals surface area contributed by atoms with Gasteiger partial charge >= 0.3 is 12.0 Å². The predicted molar refractivity (Wildman–Crippen MR) is 105 cm³/mol. The summed E-state index contributed by atoms with van der Waals surface area (Å²) in [7, 11) is 0. The molecule has 3 rings (SSSR count). The van der Waals surface area contributed by atoms with Crippen molar-refractivity contribution in [2.45, 2.75) is 32.2 Å². The normalized spacial score (nSPS) is 22.3. The first kappa shape index (κ1) is 22.0. The molecule has 1 unspecified atom stereocenters. The summed E-state index contributed by atoms with van der Waals surface area (Å²) in [6.45, 7) is 3.76. The molecule has 10 heteroatoms. The average Bonchev–Trinajstić information content (AvgIpc) is 2.91. The number of ether oxygens (including phenoxy) is 1. The summed E-state index contributed by atoms with van der Waals surface area (Å²) >= 11 is 6.07. The molecule has 2 aliphatic heterocycles. The molecular weight excluding hydrogens is 417 g/mol. The molecule has 1 aromatic carbocycles. The number of hydrogen-bond donors (Lipinski definition) is 1. The van der Waals surface area contributed by atoms with Crippen LogP contribution in [-0.4, -0.2) is 59.9 Å². The number of benzene rings is 1. The summed E-state index contributed by atoms with van der Waals surface area (Å²) in [5.74, 6) is -2.13. The van der Waals surface area contributed by atoms with Crippen molar-refractivity contribution in [3.05, 3.63) is 34.6 Å². The topological polar surface area (TPSA) is 96.0 Å². The standard InChI is InChI=1S/C20H23ClFN3O5/c1-3-30-17(27)12-6-8-24(9-7-12)16(26)11-25-18(28)20(2,23-19(25)29)14-5-4-13(22)10-15(14)21/h4-5,10,12H,3,6-9,11H2,1-2H3,(H,23,29). The number of carbonyl (C=O) groups is 4. The number of rotatable bonds is 5. The lowest BCUT2D eigenvalue weighted by Crippen LogP contribution is -2.47. The number of carbonyl (C=O) groups excluding carboxylic acids is 4. The molecule has 30 heavy (non-hydrogen) atoms. The Morgan fingerprint density at radius 1 is 1.30 bits per heavy atom. The Kier molecular flexibility index (Phi) is 6.30. The Morgan fingerprint density at radius 2 is 1.97 bits per heavy atom. The number of imide groups is 1. The van der Waals surface area contributed by atoms with Crippen LogP contribution in [0.2, 0.25) is 5.02 Å². The SMILES string of the molecule is CCOC(=O)C1CCN(C(=O)CN2C(=O)NC(C)(c3ccc(F)cc3Cl)C2=O)CC1. The third kappa shape index (κ3) is 4.12. The Balaban J connectivity index is 1.66. The van der Waals surface area contributed by atoms with E-state index in [9.17, 15) is 23.6 Å². The fourth-order valence-corrected chi connectivity index (χ4v) is 4.13. The maximum atomic E-state index is 13.4. The number of halogens is 2. The van der Waals surface area contributed by atoms with Crippen LogP contribution in [0, 0.1) is 11.7 Å². The number of amides is 4. The van der Waals surface area contributed by atoms with Crippen LogP contribution in [0.15, 0.2) is 18.2 Å². The fraction of sp³-hybridized carbons (Fsp3) is 0.500. The molecule has 1 N–H and O–H groups in total. The number of nitrogens with zero attached hydrogens (tertiary/aromatic N) is 2. The molecule has 0 aliphatic carbocycles. The maximum absolute atomic E-state index is 13.4. The summed E-state index contributed by atoms with van der Waals surface area (Å²) in [5, 5.41) is 2.55. The number of urea groups is 1. The number of hydrogen-bond acceptors (Lipinski definition) is 5. The van der Waals surface area contributed by atoms with Gasteiger partial charge in [-0.15, -0.1) is 0 Å². The molecule has 0 bridgehead atoms. The van der Waals surface area contributed by atoms with E-state index in [4.69, 9.17) is 16.3 Å². The van der Waals surface area contributed by atoms with Crippen molar-refractivity contribution in [1.82, 2.24) is 15.1 Å². The Bertz CT molecular complexity index is 887. The Morgan fingerprint density at radius 3 is 2.57 bits per heavy atom. The van der Waals surface area contributed by atoms with E-state index in [1.165, 1.54) is 17.9 Å². The van der Waals surface area contributed by atoms with Crippen molar-refractivity contribution in [2.24, 2.45) is 5.92 Å². The molecule has 2 heterocycles. The zero-order chi connectivity index (χ0) is 22.1. The summed E-state index contributed by atoms with van der Waals surface area (Å²) in [5.41, 5.74) is -1.26. The summed E-state index contributed by atoms with van der Waals surface area (Å²) in [6, 6.07) is 2.82. The van der Waals surface area contributed by atoms with Crippen molar-refractivity contribution >= 4 is 35.4 Å². The number of piperidine rings is 1. The molecule has 2 aliphatic rings. The van der Waals surface area contributed by atoms with E-state index < -0.39 is 35.7 Å². The van der Waals surface area contributed by atoms with Gasteiger partial charge in [-0.3, -0.25) is 19.3 Å². The van der Waals surface area contributed by atoms with Crippen LogP contribution < -0.4 is 5.32 Å². The molecule has 8 nitrogen and oxygen atoms in total. The second kappa shape index (κ2) is 8.59. The van der Waals surface area contributed by atoms with E-state index in [0.29, 0.717) is 32.5 Å². The third-order valence-electron chi connectivity index (χ3n) is 5.51. The minimum Gasteiger partial charge on any atom is -0.466 e. The van der Waals surface area contributed by atoms with Gasteiger partial charge in [0.1, 0.15) is 17.9 Å². The lowest BCUT2D eigenvalue weighted by Gasteiger charge is -2.31. The van der Waals surface area contributed by atoms with E-state index >= 15 is 0 Å². The van der Waals surface area contributed by atoms with E-state index in [1.807, 2.05) is 0 Å². The largest absolute Gasteiger partial charge is 0.466 e. The summed E-state index contributed by atoms with van der Waals surface area (Å²) in [6.07, 6.45) is 0.932. The summed E-state index contributed by atoms with van der Waals surface area (Å²) in [4.78, 5) is 52.2. The molecule has 0 spiro atoms. The lowest BCUT2D eigenvalue weighted by molar-refractivity contribution is -0.151. The first-order valence-corrected chi connectivity index (χ1v) is 10.1. The molecule has 1 aromatic rings. The van der Waals surface area contributed by atoms with E-state index in [2.05, 4.69) is 5.32 Å². The quantitative estimate of drug-likeness (QED) is 0.559. The zero-order valence-corrected chi connectivity index (χ0v) is 17.5. The van der Waals surface area contributed by atoms with Crippen LogP contribution in [0.3, 0.4) is 0 Å². The molecular formula is C20H23ClFN3O5. The fourth-order valence-electron chi connectivity index (χ4n) is 3.78. The number of esters is 1. The van der Waals surface area contributed by atoms with Crippen LogP contribution >= 0.6 is 11.6 Å². The predicted octanol–water partition coefficient (Wildman–Crippen LogP) is 2.05. The summed E-state index contributed by atoms with van der Waals surface area (Å²) < 4.78 is 18.4. The molecule has 4 amide bonds. The zero-order valence-electron chi connectivity index (χ0n) is 16.7. The van der Waals surface area contributed by atoms with Gasteiger partial charge in [-0.25, -0.2) is 9.18 Å². The van der Waals surface area contributed by atoms with Gasteiger partial charge in [0.05, 0.1) is 12.5 Å². The molecule has 1 atom stereocenters.